The van der Waals surface area contributed by atoms with Crippen LogP contribution in [0.5, 0.6) is 0 Å². The van der Waals surface area contributed by atoms with Gasteiger partial charge in [0.25, 0.3) is 5.56 Å². The molecule has 0 saturated carbocycles. The van der Waals surface area contributed by atoms with Gasteiger partial charge in [-0.2, -0.15) is 0 Å². The number of H-pyrrole nitrogens is 1. The van der Waals surface area contributed by atoms with Crippen LogP contribution < -0.4 is 11.2 Å². The molecule has 24 heavy (non-hydrogen) atoms. The average Bonchev–Trinajstić information content (AvgIpc) is 3.23. The van der Waals surface area contributed by atoms with Crippen LogP contribution in [0.2, 0.25) is 0 Å². The van der Waals surface area contributed by atoms with Crippen LogP contribution in [0, 0.1) is 0 Å². The second-order valence-corrected chi connectivity index (χ2v) is 5.15. The summed E-state index contributed by atoms with van der Waals surface area (Å²) in [6.45, 7) is 0.284. The van der Waals surface area contributed by atoms with E-state index in [1.165, 1.54) is 29.7 Å². The summed E-state index contributed by atoms with van der Waals surface area (Å²) in [6, 6.07) is 8.18. The van der Waals surface area contributed by atoms with Crippen LogP contribution in [-0.4, -0.2) is 20.4 Å². The maximum atomic E-state index is 12.6. The van der Waals surface area contributed by atoms with Gasteiger partial charge in [-0.25, -0.2) is 4.79 Å². The lowest BCUT2D eigenvalue weighted by Gasteiger charge is -2.21. The fourth-order valence-electron chi connectivity index (χ4n) is 2.23. The zero-order valence-electron chi connectivity index (χ0n) is 12.7. The van der Waals surface area contributed by atoms with Gasteiger partial charge in [0.05, 0.1) is 25.6 Å². The molecule has 0 spiro atoms. The van der Waals surface area contributed by atoms with E-state index in [2.05, 4.69) is 4.98 Å². The quantitative estimate of drug-likeness (QED) is 0.725. The van der Waals surface area contributed by atoms with Gasteiger partial charge in [-0.1, -0.05) is 0 Å². The zero-order valence-corrected chi connectivity index (χ0v) is 12.7. The lowest BCUT2D eigenvalue weighted by Crippen LogP contribution is -2.37. The number of aromatic nitrogens is 2. The molecule has 3 aromatic rings. The van der Waals surface area contributed by atoms with Crippen molar-refractivity contribution in [2.75, 3.05) is 0 Å². The Bertz CT molecular complexity index is 870. The largest absolute Gasteiger partial charge is 0.467 e. The van der Waals surface area contributed by atoms with Crippen molar-refractivity contribution in [2.45, 2.75) is 19.6 Å². The number of carbonyl (C=O) groups is 1. The minimum atomic E-state index is -0.633. The van der Waals surface area contributed by atoms with E-state index in [0.717, 1.165) is 4.57 Å². The average molecular weight is 329 g/mol. The van der Waals surface area contributed by atoms with E-state index in [-0.39, 0.29) is 25.5 Å². The summed E-state index contributed by atoms with van der Waals surface area (Å²) in [4.78, 5) is 39.0. The minimum absolute atomic E-state index is 0.197. The molecule has 3 aromatic heterocycles. The van der Waals surface area contributed by atoms with Gasteiger partial charge in [0.1, 0.15) is 18.1 Å². The molecule has 0 aromatic carbocycles. The van der Waals surface area contributed by atoms with Crippen molar-refractivity contribution >= 4 is 5.91 Å². The molecule has 3 rings (SSSR count). The number of nitrogens with one attached hydrogen (secondary N) is 1. The molecule has 0 aliphatic rings. The van der Waals surface area contributed by atoms with E-state index in [0.29, 0.717) is 11.5 Å². The summed E-state index contributed by atoms with van der Waals surface area (Å²) in [5, 5.41) is 0. The number of nitrogens with zero attached hydrogens (tertiary/aromatic N) is 2. The maximum Gasteiger partial charge on any atom is 0.328 e. The van der Waals surface area contributed by atoms with Crippen LogP contribution in [0.4, 0.5) is 0 Å². The predicted octanol–water partition coefficient (Wildman–Crippen LogP) is 0.952. The Hall–Kier alpha value is -3.29. The van der Waals surface area contributed by atoms with Gasteiger partial charge in [0.15, 0.2) is 0 Å². The molecule has 8 heteroatoms. The second-order valence-electron chi connectivity index (χ2n) is 5.15. The first-order valence-electron chi connectivity index (χ1n) is 7.24. The number of furan rings is 2. The van der Waals surface area contributed by atoms with E-state index < -0.39 is 11.2 Å². The number of rotatable bonds is 6. The van der Waals surface area contributed by atoms with Gasteiger partial charge in [0.2, 0.25) is 5.91 Å². The molecule has 0 aliphatic heterocycles. The Morgan fingerprint density at radius 1 is 1.04 bits per heavy atom. The van der Waals surface area contributed by atoms with Crippen LogP contribution in [0.15, 0.2) is 67.5 Å². The highest BCUT2D eigenvalue weighted by Gasteiger charge is 2.18. The molecule has 3 heterocycles. The lowest BCUT2D eigenvalue weighted by atomic mass is 10.3. The Balaban J connectivity index is 1.79. The monoisotopic (exact) mass is 329 g/mol. The van der Waals surface area contributed by atoms with Crippen LogP contribution in [0.3, 0.4) is 0 Å². The van der Waals surface area contributed by atoms with Crippen LogP contribution in [0.1, 0.15) is 11.5 Å². The third-order valence-corrected chi connectivity index (χ3v) is 3.41. The van der Waals surface area contributed by atoms with Crippen molar-refractivity contribution in [3.63, 3.8) is 0 Å². The molecule has 0 unspecified atom stereocenters. The highest BCUT2D eigenvalue weighted by Crippen LogP contribution is 2.11. The maximum absolute atomic E-state index is 12.6. The smallest absolute Gasteiger partial charge is 0.328 e. The van der Waals surface area contributed by atoms with Crippen molar-refractivity contribution in [1.29, 1.82) is 0 Å². The first-order valence-corrected chi connectivity index (χ1v) is 7.24. The molecule has 0 atom stereocenters. The molecule has 0 bridgehead atoms. The molecule has 0 fully saturated rings. The van der Waals surface area contributed by atoms with Gasteiger partial charge in [-0.05, 0) is 24.3 Å². The van der Waals surface area contributed by atoms with Gasteiger partial charge < -0.3 is 13.7 Å². The lowest BCUT2D eigenvalue weighted by molar-refractivity contribution is -0.133. The zero-order chi connectivity index (χ0) is 16.9. The molecule has 8 nitrogen and oxygen atoms in total. The Morgan fingerprint density at radius 3 is 2.17 bits per heavy atom. The fraction of sp³-hybridized carbons (Fsp3) is 0.188. The Labute approximate surface area is 135 Å². The highest BCUT2D eigenvalue weighted by molar-refractivity contribution is 5.75. The molecular weight excluding hydrogens is 314 g/mol. The number of aromatic amines is 1. The van der Waals surface area contributed by atoms with Gasteiger partial charge in [-0.3, -0.25) is 19.1 Å². The first-order chi connectivity index (χ1) is 11.6. The van der Waals surface area contributed by atoms with Gasteiger partial charge in [-0.15, -0.1) is 0 Å². The van der Waals surface area contributed by atoms with Crippen LogP contribution in [-0.2, 0) is 24.4 Å². The van der Waals surface area contributed by atoms with Crippen molar-refractivity contribution in [2.24, 2.45) is 0 Å². The normalized spacial score (nSPS) is 10.7. The molecule has 124 valence electrons. The fourth-order valence-corrected chi connectivity index (χ4v) is 2.23. The van der Waals surface area contributed by atoms with Gasteiger partial charge >= 0.3 is 5.69 Å². The van der Waals surface area contributed by atoms with E-state index in [9.17, 15) is 14.4 Å². The molecule has 0 saturated heterocycles. The summed E-state index contributed by atoms with van der Waals surface area (Å²) in [6.07, 6.45) is 4.34. The SMILES string of the molecule is O=C(Cn1ccc(=O)[nH]c1=O)N(Cc1ccco1)Cc1ccco1. The first kappa shape index (κ1) is 15.6. The number of carbonyl (C=O) groups excluding carboxylic acids is 1. The summed E-state index contributed by atoms with van der Waals surface area (Å²) in [5.41, 5.74) is -1.14. The number of hydrogen-bond acceptors (Lipinski definition) is 5. The van der Waals surface area contributed by atoms with E-state index in [1.54, 1.807) is 24.3 Å². The van der Waals surface area contributed by atoms with Crippen molar-refractivity contribution < 1.29 is 13.6 Å². The molecule has 0 radical (unpaired) electrons. The summed E-state index contributed by atoms with van der Waals surface area (Å²) in [7, 11) is 0. The molecule has 1 N–H and O–H groups in total. The molecule has 1 amide bonds. The van der Waals surface area contributed by atoms with E-state index in [1.807, 2.05) is 0 Å². The second kappa shape index (κ2) is 6.86. The summed E-state index contributed by atoms with van der Waals surface area (Å²) in [5.74, 6) is 0.921. The topological polar surface area (TPSA) is 101 Å². The third-order valence-electron chi connectivity index (χ3n) is 3.41. The standard InChI is InChI=1S/C16H15N3O5/c20-14-5-6-18(16(22)17-14)11-15(21)19(9-12-3-1-7-23-12)10-13-4-2-8-24-13/h1-8H,9-11H2,(H,17,20,22). The van der Waals surface area contributed by atoms with E-state index in [4.69, 9.17) is 8.83 Å². The number of amides is 1. The van der Waals surface area contributed by atoms with E-state index >= 15 is 0 Å². The summed E-state index contributed by atoms with van der Waals surface area (Å²) < 4.78 is 11.7. The third kappa shape index (κ3) is 3.72. The molecule has 0 aliphatic carbocycles. The van der Waals surface area contributed by atoms with Crippen LogP contribution >= 0.6 is 0 Å². The van der Waals surface area contributed by atoms with Crippen molar-refractivity contribution in [3.05, 3.63) is 81.4 Å². The highest BCUT2D eigenvalue weighted by atomic mass is 16.3. The molecular formula is C16H15N3O5. The Kier molecular flexibility index (Phi) is 4.46. The van der Waals surface area contributed by atoms with Gasteiger partial charge in [0, 0.05) is 12.3 Å². The summed E-state index contributed by atoms with van der Waals surface area (Å²) >= 11 is 0. The predicted molar refractivity (Wildman–Crippen MR) is 83.0 cm³/mol. The Morgan fingerprint density at radius 2 is 1.67 bits per heavy atom. The number of hydrogen-bond donors (Lipinski definition) is 1. The van der Waals surface area contributed by atoms with Crippen molar-refractivity contribution in [3.8, 4) is 0 Å². The van der Waals surface area contributed by atoms with Crippen molar-refractivity contribution in [1.82, 2.24) is 14.5 Å². The van der Waals surface area contributed by atoms with Crippen LogP contribution in [0.25, 0.3) is 0 Å². The minimum Gasteiger partial charge on any atom is -0.467 e.